The average molecular weight is 399 g/mol. The molecule has 2 saturated heterocycles. The van der Waals surface area contributed by atoms with E-state index < -0.39 is 0 Å². The third kappa shape index (κ3) is 5.41. The zero-order chi connectivity index (χ0) is 20.1. The molecule has 0 N–H and O–H groups in total. The molecule has 2 atom stereocenters. The van der Waals surface area contributed by atoms with Gasteiger partial charge in [0.25, 0.3) is 0 Å². The van der Waals surface area contributed by atoms with Crippen molar-refractivity contribution >= 4 is 0 Å². The van der Waals surface area contributed by atoms with Crippen LogP contribution in [-0.4, -0.2) is 68.9 Å². The van der Waals surface area contributed by atoms with Crippen LogP contribution in [-0.2, 0) is 17.8 Å². The number of benzene rings is 1. The highest BCUT2D eigenvalue weighted by atomic mass is 16.5. The largest absolute Gasteiger partial charge is 0.376 e. The maximum absolute atomic E-state index is 5.82. The first-order chi connectivity index (χ1) is 14.2. The molecule has 0 aliphatic carbocycles. The van der Waals surface area contributed by atoms with Gasteiger partial charge in [0, 0.05) is 39.3 Å². The molecule has 1 aromatic carbocycles. The molecule has 0 spiro atoms. The average Bonchev–Trinajstić information content (AvgIpc) is 3.40. The second-order valence-electron chi connectivity index (χ2n) is 8.80. The number of hydrogen-bond acceptors (Lipinski definition) is 6. The van der Waals surface area contributed by atoms with Gasteiger partial charge in [-0.05, 0) is 41.2 Å². The molecule has 7 heteroatoms. The summed E-state index contributed by atoms with van der Waals surface area (Å²) in [4.78, 5) is 5.13. The molecule has 158 valence electrons. The van der Waals surface area contributed by atoms with Crippen molar-refractivity contribution in [2.75, 3.05) is 32.8 Å². The van der Waals surface area contributed by atoms with E-state index >= 15 is 0 Å². The standard InChI is InChI=1S/C22H34N6O/c1-18(2)15-21(22-23-24-25-28(22)17-20-9-6-14-29-20)27-12-10-26(11-13-27)16-19-7-4-3-5-8-19/h3-5,7-8,18,20-21H,6,9-17H2,1-2H3. The third-order valence-electron chi connectivity index (χ3n) is 6.05. The maximum atomic E-state index is 5.82. The van der Waals surface area contributed by atoms with Gasteiger partial charge in [-0.3, -0.25) is 9.80 Å². The Morgan fingerprint density at radius 1 is 1.10 bits per heavy atom. The van der Waals surface area contributed by atoms with Crippen molar-refractivity contribution < 1.29 is 4.74 Å². The molecule has 3 heterocycles. The zero-order valence-corrected chi connectivity index (χ0v) is 17.8. The highest BCUT2D eigenvalue weighted by Crippen LogP contribution is 2.28. The van der Waals surface area contributed by atoms with Crippen LogP contribution in [0.1, 0.15) is 50.5 Å². The number of rotatable bonds is 8. The van der Waals surface area contributed by atoms with E-state index in [2.05, 4.69) is 69.5 Å². The van der Waals surface area contributed by atoms with E-state index in [4.69, 9.17) is 4.74 Å². The van der Waals surface area contributed by atoms with Gasteiger partial charge in [0.2, 0.25) is 0 Å². The van der Waals surface area contributed by atoms with Gasteiger partial charge in [0.1, 0.15) is 0 Å². The molecule has 1 aromatic heterocycles. The monoisotopic (exact) mass is 398 g/mol. The minimum atomic E-state index is 0.250. The molecule has 2 aliphatic rings. The van der Waals surface area contributed by atoms with Crippen LogP contribution in [0.2, 0.25) is 0 Å². The number of ether oxygens (including phenoxy) is 1. The molecule has 7 nitrogen and oxygen atoms in total. The Bertz CT molecular complexity index is 735. The van der Waals surface area contributed by atoms with E-state index in [0.29, 0.717) is 5.92 Å². The number of piperazine rings is 1. The summed E-state index contributed by atoms with van der Waals surface area (Å²) >= 11 is 0. The fraction of sp³-hybridized carbons (Fsp3) is 0.682. The Labute approximate surface area is 174 Å². The van der Waals surface area contributed by atoms with E-state index in [-0.39, 0.29) is 12.1 Å². The van der Waals surface area contributed by atoms with Gasteiger partial charge in [-0.1, -0.05) is 44.2 Å². The normalized spacial score (nSPS) is 22.4. The van der Waals surface area contributed by atoms with Crippen LogP contribution in [0.25, 0.3) is 0 Å². The summed E-state index contributed by atoms with van der Waals surface area (Å²) in [6.45, 7) is 11.5. The highest BCUT2D eigenvalue weighted by Gasteiger charge is 2.30. The van der Waals surface area contributed by atoms with Crippen molar-refractivity contribution in [3.8, 4) is 0 Å². The summed E-state index contributed by atoms with van der Waals surface area (Å²) in [7, 11) is 0. The molecule has 2 aliphatic heterocycles. The smallest absolute Gasteiger partial charge is 0.168 e. The SMILES string of the molecule is CC(C)CC(c1nnnn1CC1CCCO1)N1CCN(Cc2ccccc2)CC1. The summed E-state index contributed by atoms with van der Waals surface area (Å²) in [5.74, 6) is 1.60. The lowest BCUT2D eigenvalue weighted by Crippen LogP contribution is -2.48. The van der Waals surface area contributed by atoms with E-state index in [1.807, 2.05) is 4.68 Å². The molecule has 29 heavy (non-hydrogen) atoms. The van der Waals surface area contributed by atoms with Crippen LogP contribution >= 0.6 is 0 Å². The van der Waals surface area contributed by atoms with Crippen molar-refractivity contribution in [2.45, 2.75) is 58.3 Å². The predicted octanol–water partition coefficient (Wildman–Crippen LogP) is 2.76. The van der Waals surface area contributed by atoms with Gasteiger partial charge in [0.05, 0.1) is 18.7 Å². The van der Waals surface area contributed by atoms with Gasteiger partial charge in [-0.25, -0.2) is 4.68 Å². The molecule has 0 amide bonds. The Kier molecular flexibility index (Phi) is 6.90. The van der Waals surface area contributed by atoms with Crippen molar-refractivity contribution in [3.63, 3.8) is 0 Å². The summed E-state index contributed by atoms with van der Waals surface area (Å²) < 4.78 is 7.82. The van der Waals surface area contributed by atoms with Crippen molar-refractivity contribution in [2.24, 2.45) is 5.92 Å². The van der Waals surface area contributed by atoms with E-state index in [0.717, 1.165) is 71.0 Å². The molecule has 2 unspecified atom stereocenters. The molecule has 0 radical (unpaired) electrons. The molecule has 0 saturated carbocycles. The number of tetrazole rings is 1. The van der Waals surface area contributed by atoms with Crippen molar-refractivity contribution in [3.05, 3.63) is 41.7 Å². The summed E-state index contributed by atoms with van der Waals surface area (Å²) in [5, 5.41) is 12.8. The van der Waals surface area contributed by atoms with Gasteiger partial charge in [-0.15, -0.1) is 5.10 Å². The second-order valence-corrected chi connectivity index (χ2v) is 8.80. The molecule has 2 aromatic rings. The first-order valence-corrected chi connectivity index (χ1v) is 11.1. The molecule has 4 rings (SSSR count). The lowest BCUT2D eigenvalue weighted by Gasteiger charge is -2.39. The molecular formula is C22H34N6O. The van der Waals surface area contributed by atoms with Crippen LogP contribution in [0.4, 0.5) is 0 Å². The van der Waals surface area contributed by atoms with Crippen molar-refractivity contribution in [1.82, 2.24) is 30.0 Å². The van der Waals surface area contributed by atoms with Crippen LogP contribution in [0, 0.1) is 5.92 Å². The second kappa shape index (κ2) is 9.78. The number of hydrogen-bond donors (Lipinski definition) is 0. The van der Waals surface area contributed by atoms with Gasteiger partial charge in [-0.2, -0.15) is 0 Å². The predicted molar refractivity (Wildman–Crippen MR) is 112 cm³/mol. The molecular weight excluding hydrogens is 364 g/mol. The van der Waals surface area contributed by atoms with Crippen LogP contribution < -0.4 is 0 Å². The number of nitrogens with zero attached hydrogens (tertiary/aromatic N) is 6. The van der Waals surface area contributed by atoms with E-state index in [9.17, 15) is 0 Å². The Hall–Kier alpha value is -1.83. The lowest BCUT2D eigenvalue weighted by molar-refractivity contribution is 0.0697. The fourth-order valence-corrected chi connectivity index (χ4v) is 4.50. The summed E-state index contributed by atoms with van der Waals surface area (Å²) in [5.41, 5.74) is 1.39. The fourth-order valence-electron chi connectivity index (χ4n) is 4.50. The lowest BCUT2D eigenvalue weighted by atomic mass is 10.0. The topological polar surface area (TPSA) is 59.3 Å². The van der Waals surface area contributed by atoms with E-state index in [1.165, 1.54) is 5.56 Å². The summed E-state index contributed by atoms with van der Waals surface area (Å²) in [6, 6.07) is 11.0. The van der Waals surface area contributed by atoms with E-state index in [1.54, 1.807) is 0 Å². The minimum Gasteiger partial charge on any atom is -0.376 e. The van der Waals surface area contributed by atoms with Crippen LogP contribution in [0.15, 0.2) is 30.3 Å². The minimum absolute atomic E-state index is 0.250. The third-order valence-corrected chi connectivity index (χ3v) is 6.05. The maximum Gasteiger partial charge on any atom is 0.168 e. The van der Waals surface area contributed by atoms with Gasteiger partial charge >= 0.3 is 0 Å². The Balaban J connectivity index is 1.41. The van der Waals surface area contributed by atoms with Crippen LogP contribution in [0.5, 0.6) is 0 Å². The molecule has 2 fully saturated rings. The highest BCUT2D eigenvalue weighted by molar-refractivity contribution is 5.14. The first kappa shape index (κ1) is 20.4. The Morgan fingerprint density at radius 3 is 2.59 bits per heavy atom. The number of aromatic nitrogens is 4. The van der Waals surface area contributed by atoms with Crippen molar-refractivity contribution in [1.29, 1.82) is 0 Å². The summed E-state index contributed by atoms with van der Waals surface area (Å²) in [6.07, 6.45) is 3.57. The quantitative estimate of drug-likeness (QED) is 0.681. The molecule has 0 bridgehead atoms. The zero-order valence-electron chi connectivity index (χ0n) is 17.8. The Morgan fingerprint density at radius 2 is 1.90 bits per heavy atom. The van der Waals surface area contributed by atoms with Gasteiger partial charge < -0.3 is 4.74 Å². The first-order valence-electron chi connectivity index (χ1n) is 11.1. The van der Waals surface area contributed by atoms with Gasteiger partial charge in [0.15, 0.2) is 5.82 Å². The van der Waals surface area contributed by atoms with Crippen LogP contribution in [0.3, 0.4) is 0 Å².